The topological polar surface area (TPSA) is 106 Å². The molecule has 1 aliphatic rings. The van der Waals surface area contributed by atoms with Crippen LogP contribution in [-0.2, 0) is 21.4 Å². The summed E-state index contributed by atoms with van der Waals surface area (Å²) in [6.45, 7) is 0.858. The number of piperidine rings is 1. The van der Waals surface area contributed by atoms with E-state index in [1.807, 2.05) is 0 Å². The highest BCUT2D eigenvalue weighted by Crippen LogP contribution is 2.24. The smallest absolute Gasteiger partial charge is 0.243 e. The quantitative estimate of drug-likeness (QED) is 0.817. The Morgan fingerprint density at radius 3 is 2.80 bits per heavy atom. The largest absolute Gasteiger partial charge is 0.369 e. The van der Waals surface area contributed by atoms with Crippen molar-refractivity contribution >= 4 is 15.9 Å². The van der Waals surface area contributed by atoms with Crippen molar-refractivity contribution in [1.29, 1.82) is 0 Å². The van der Waals surface area contributed by atoms with Crippen LogP contribution in [0.15, 0.2) is 29.2 Å². The van der Waals surface area contributed by atoms with Crippen molar-refractivity contribution in [3.05, 3.63) is 29.8 Å². The number of nitrogens with zero attached hydrogens (tertiary/aromatic N) is 1. The number of carbonyl (C=O) groups is 1. The van der Waals surface area contributed by atoms with Crippen molar-refractivity contribution in [2.24, 2.45) is 17.4 Å². The van der Waals surface area contributed by atoms with Gasteiger partial charge in [-0.3, -0.25) is 4.79 Å². The lowest BCUT2D eigenvalue weighted by molar-refractivity contribution is -0.122. The Kier molecular flexibility index (Phi) is 4.42. The maximum Gasteiger partial charge on any atom is 0.243 e. The average molecular weight is 297 g/mol. The van der Waals surface area contributed by atoms with E-state index in [-0.39, 0.29) is 18.0 Å². The average Bonchev–Trinajstić information content (AvgIpc) is 2.47. The van der Waals surface area contributed by atoms with Gasteiger partial charge in [-0.1, -0.05) is 12.1 Å². The summed E-state index contributed by atoms with van der Waals surface area (Å²) in [5.41, 5.74) is 11.6. The summed E-state index contributed by atoms with van der Waals surface area (Å²) in [5, 5.41) is 0. The van der Waals surface area contributed by atoms with Gasteiger partial charge in [-0.15, -0.1) is 0 Å². The van der Waals surface area contributed by atoms with Crippen LogP contribution in [-0.4, -0.2) is 31.7 Å². The van der Waals surface area contributed by atoms with Crippen LogP contribution in [0.1, 0.15) is 18.4 Å². The predicted molar refractivity (Wildman–Crippen MR) is 75.0 cm³/mol. The minimum atomic E-state index is -3.59. The molecule has 1 aromatic rings. The number of sulfonamides is 1. The Balaban J connectivity index is 2.27. The van der Waals surface area contributed by atoms with E-state index in [1.165, 1.54) is 4.31 Å². The standard InChI is InChI=1S/C13H19N3O3S/c14-8-10-3-1-5-12(7-10)20(18,19)16-6-2-4-11(9-16)13(15)17/h1,3,5,7,11H,2,4,6,8-9,14H2,(H2,15,17). The number of hydrogen-bond acceptors (Lipinski definition) is 4. The van der Waals surface area contributed by atoms with Crippen molar-refractivity contribution in [3.8, 4) is 0 Å². The number of benzene rings is 1. The highest BCUT2D eigenvalue weighted by atomic mass is 32.2. The molecule has 1 atom stereocenters. The summed E-state index contributed by atoms with van der Waals surface area (Å²) < 4.78 is 26.4. The second-order valence-electron chi connectivity index (χ2n) is 4.96. The number of amides is 1. The van der Waals surface area contributed by atoms with E-state index in [0.29, 0.717) is 19.4 Å². The van der Waals surface area contributed by atoms with Crippen LogP contribution in [0.2, 0.25) is 0 Å². The maximum absolute atomic E-state index is 12.6. The number of rotatable bonds is 4. The van der Waals surface area contributed by atoms with Gasteiger partial charge < -0.3 is 11.5 Å². The lowest BCUT2D eigenvalue weighted by Gasteiger charge is -2.30. The minimum Gasteiger partial charge on any atom is -0.369 e. The van der Waals surface area contributed by atoms with E-state index < -0.39 is 21.8 Å². The second-order valence-corrected chi connectivity index (χ2v) is 6.89. The number of primary amides is 1. The summed E-state index contributed by atoms with van der Waals surface area (Å²) in [6, 6.07) is 6.57. The van der Waals surface area contributed by atoms with E-state index in [4.69, 9.17) is 11.5 Å². The van der Waals surface area contributed by atoms with Gasteiger partial charge in [0.25, 0.3) is 0 Å². The molecule has 0 bridgehead atoms. The fourth-order valence-corrected chi connectivity index (χ4v) is 3.97. The Labute approximate surface area is 118 Å². The molecule has 0 spiro atoms. The van der Waals surface area contributed by atoms with Crippen LogP contribution in [0, 0.1) is 5.92 Å². The summed E-state index contributed by atoms with van der Waals surface area (Å²) in [7, 11) is -3.59. The molecule has 1 heterocycles. The second kappa shape index (κ2) is 5.90. The Morgan fingerprint density at radius 1 is 1.40 bits per heavy atom. The van der Waals surface area contributed by atoms with Crippen LogP contribution in [0.3, 0.4) is 0 Å². The Hall–Kier alpha value is -1.44. The minimum absolute atomic E-state index is 0.157. The molecule has 4 N–H and O–H groups in total. The Bertz CT molecular complexity index is 601. The molecule has 7 heteroatoms. The predicted octanol–water partition coefficient (Wildman–Crippen LogP) is 0.0313. The molecular formula is C13H19N3O3S. The molecule has 1 amide bonds. The first-order valence-corrected chi connectivity index (χ1v) is 7.97. The van der Waals surface area contributed by atoms with E-state index in [2.05, 4.69) is 0 Å². The van der Waals surface area contributed by atoms with Crippen molar-refractivity contribution in [3.63, 3.8) is 0 Å². The molecule has 1 aromatic carbocycles. The molecular weight excluding hydrogens is 278 g/mol. The molecule has 0 aromatic heterocycles. The monoisotopic (exact) mass is 297 g/mol. The van der Waals surface area contributed by atoms with Crippen LogP contribution in [0.4, 0.5) is 0 Å². The van der Waals surface area contributed by atoms with E-state index in [0.717, 1.165) is 5.56 Å². The van der Waals surface area contributed by atoms with Crippen molar-refractivity contribution in [2.45, 2.75) is 24.3 Å². The lowest BCUT2D eigenvalue weighted by atomic mass is 9.99. The summed E-state index contributed by atoms with van der Waals surface area (Å²) in [5.74, 6) is -0.850. The van der Waals surface area contributed by atoms with E-state index in [1.54, 1.807) is 24.3 Å². The van der Waals surface area contributed by atoms with Crippen LogP contribution >= 0.6 is 0 Å². The van der Waals surface area contributed by atoms with Crippen LogP contribution in [0.25, 0.3) is 0 Å². The third-order valence-electron chi connectivity index (χ3n) is 3.56. The molecule has 0 aliphatic carbocycles. The summed E-state index contributed by atoms with van der Waals surface area (Å²) >= 11 is 0. The first-order valence-electron chi connectivity index (χ1n) is 6.53. The van der Waals surface area contributed by atoms with E-state index in [9.17, 15) is 13.2 Å². The van der Waals surface area contributed by atoms with Crippen molar-refractivity contribution in [2.75, 3.05) is 13.1 Å². The zero-order valence-electron chi connectivity index (χ0n) is 11.2. The fourth-order valence-electron chi connectivity index (χ4n) is 2.37. The molecule has 1 aliphatic heterocycles. The fraction of sp³-hybridized carbons (Fsp3) is 0.462. The third-order valence-corrected chi connectivity index (χ3v) is 5.42. The first kappa shape index (κ1) is 15.0. The van der Waals surface area contributed by atoms with Gasteiger partial charge in [-0.05, 0) is 30.5 Å². The van der Waals surface area contributed by atoms with Gasteiger partial charge in [0.05, 0.1) is 10.8 Å². The number of carbonyl (C=O) groups excluding carboxylic acids is 1. The SMILES string of the molecule is NCc1cccc(S(=O)(=O)N2CCCC(C(N)=O)C2)c1. The highest BCUT2D eigenvalue weighted by Gasteiger charge is 2.32. The van der Waals surface area contributed by atoms with Gasteiger partial charge in [-0.25, -0.2) is 8.42 Å². The van der Waals surface area contributed by atoms with Gasteiger partial charge in [0.1, 0.15) is 0 Å². The van der Waals surface area contributed by atoms with E-state index >= 15 is 0 Å². The zero-order chi connectivity index (χ0) is 14.8. The molecule has 0 radical (unpaired) electrons. The molecule has 1 saturated heterocycles. The molecule has 1 unspecified atom stereocenters. The van der Waals surface area contributed by atoms with Gasteiger partial charge in [-0.2, -0.15) is 4.31 Å². The molecule has 2 rings (SSSR count). The number of hydrogen-bond donors (Lipinski definition) is 2. The molecule has 0 saturated carbocycles. The summed E-state index contributed by atoms with van der Waals surface area (Å²) in [6.07, 6.45) is 1.29. The zero-order valence-corrected chi connectivity index (χ0v) is 12.0. The summed E-state index contributed by atoms with van der Waals surface area (Å²) in [4.78, 5) is 11.5. The normalized spacial score (nSPS) is 20.8. The maximum atomic E-state index is 12.6. The van der Waals surface area contributed by atoms with Crippen molar-refractivity contribution in [1.82, 2.24) is 4.31 Å². The molecule has 20 heavy (non-hydrogen) atoms. The van der Waals surface area contributed by atoms with Crippen LogP contribution in [0.5, 0.6) is 0 Å². The first-order chi connectivity index (χ1) is 9.45. The highest BCUT2D eigenvalue weighted by molar-refractivity contribution is 7.89. The third kappa shape index (κ3) is 3.00. The Morgan fingerprint density at radius 2 is 2.15 bits per heavy atom. The number of nitrogens with two attached hydrogens (primary N) is 2. The molecule has 6 nitrogen and oxygen atoms in total. The molecule has 110 valence electrons. The van der Waals surface area contributed by atoms with Gasteiger partial charge in [0.2, 0.25) is 15.9 Å². The lowest BCUT2D eigenvalue weighted by Crippen LogP contribution is -2.44. The van der Waals surface area contributed by atoms with Crippen LogP contribution < -0.4 is 11.5 Å². The molecule has 1 fully saturated rings. The van der Waals surface area contributed by atoms with Gasteiger partial charge in [0, 0.05) is 19.6 Å². The van der Waals surface area contributed by atoms with Gasteiger partial charge >= 0.3 is 0 Å². The van der Waals surface area contributed by atoms with Crippen molar-refractivity contribution < 1.29 is 13.2 Å². The van der Waals surface area contributed by atoms with Gasteiger partial charge in [0.15, 0.2) is 0 Å².